The first-order valence-corrected chi connectivity index (χ1v) is 10.3. The van der Waals surface area contributed by atoms with Gasteiger partial charge < -0.3 is 24.7 Å². The number of para-hydroxylation sites is 2. The summed E-state index contributed by atoms with van der Waals surface area (Å²) >= 11 is 0. The minimum Gasteiger partial charge on any atom is -0.492 e. The molecule has 1 unspecified atom stereocenters. The third kappa shape index (κ3) is 4.64. The topological polar surface area (TPSA) is 101 Å². The summed E-state index contributed by atoms with van der Waals surface area (Å²) < 4.78 is 10.7. The highest BCUT2D eigenvalue weighted by Gasteiger charge is 2.36. The van der Waals surface area contributed by atoms with Gasteiger partial charge in [0.1, 0.15) is 5.75 Å². The highest BCUT2D eigenvalue weighted by atomic mass is 16.5. The van der Waals surface area contributed by atoms with Gasteiger partial charge in [-0.2, -0.15) is 0 Å². The second-order valence-electron chi connectivity index (χ2n) is 7.30. The molecule has 1 aliphatic rings. The number of furan rings is 1. The van der Waals surface area contributed by atoms with Crippen molar-refractivity contribution in [3.63, 3.8) is 0 Å². The normalized spacial score (nSPS) is 15.5. The summed E-state index contributed by atoms with van der Waals surface area (Å²) in [5.74, 6) is -0.352. The quantitative estimate of drug-likeness (QED) is 0.588. The fourth-order valence-electron chi connectivity index (χ4n) is 3.56. The van der Waals surface area contributed by atoms with E-state index in [1.807, 2.05) is 31.2 Å². The molecule has 1 aliphatic heterocycles. The zero-order valence-corrected chi connectivity index (χ0v) is 17.5. The van der Waals surface area contributed by atoms with Crippen LogP contribution in [0, 0.1) is 5.92 Å². The number of ether oxygens (including phenoxy) is 1. The van der Waals surface area contributed by atoms with Crippen LogP contribution in [0.2, 0.25) is 0 Å². The number of anilines is 3. The van der Waals surface area contributed by atoms with E-state index in [9.17, 15) is 14.4 Å². The van der Waals surface area contributed by atoms with Crippen LogP contribution in [0.4, 0.5) is 17.1 Å². The lowest BCUT2D eigenvalue weighted by Crippen LogP contribution is -2.28. The van der Waals surface area contributed by atoms with E-state index in [0.29, 0.717) is 29.4 Å². The Kier molecular flexibility index (Phi) is 6.21. The predicted molar refractivity (Wildman–Crippen MR) is 120 cm³/mol. The molecular weight excluding hydrogens is 410 g/mol. The van der Waals surface area contributed by atoms with E-state index in [4.69, 9.17) is 9.15 Å². The molecule has 0 radical (unpaired) electrons. The van der Waals surface area contributed by atoms with Crippen LogP contribution >= 0.6 is 0 Å². The van der Waals surface area contributed by atoms with Crippen molar-refractivity contribution in [2.75, 3.05) is 28.7 Å². The van der Waals surface area contributed by atoms with Crippen LogP contribution in [-0.2, 0) is 9.59 Å². The number of carbonyl (C=O) groups is 3. The van der Waals surface area contributed by atoms with Crippen LogP contribution in [0.15, 0.2) is 71.3 Å². The monoisotopic (exact) mass is 433 g/mol. The van der Waals surface area contributed by atoms with Crippen molar-refractivity contribution in [2.45, 2.75) is 13.3 Å². The summed E-state index contributed by atoms with van der Waals surface area (Å²) in [6.45, 7) is 2.65. The largest absolute Gasteiger partial charge is 0.492 e. The fraction of sp³-hybridized carbons (Fsp3) is 0.208. The molecule has 8 heteroatoms. The summed E-state index contributed by atoms with van der Waals surface area (Å²) in [4.78, 5) is 39.0. The lowest BCUT2D eigenvalue weighted by atomic mass is 10.1. The predicted octanol–water partition coefficient (Wildman–Crippen LogP) is 3.92. The second-order valence-corrected chi connectivity index (χ2v) is 7.30. The highest BCUT2D eigenvalue weighted by Crippen LogP contribution is 2.33. The maximum Gasteiger partial charge on any atom is 0.291 e. The molecule has 0 spiro atoms. The van der Waals surface area contributed by atoms with Gasteiger partial charge in [0.2, 0.25) is 11.8 Å². The summed E-state index contributed by atoms with van der Waals surface area (Å²) in [6.07, 6.45) is 1.56. The molecule has 1 aromatic heterocycles. The lowest BCUT2D eigenvalue weighted by Gasteiger charge is -2.20. The minimum atomic E-state index is -0.476. The lowest BCUT2D eigenvalue weighted by molar-refractivity contribution is -0.122. The molecule has 0 bridgehead atoms. The molecular formula is C24H23N3O5. The second kappa shape index (κ2) is 9.38. The van der Waals surface area contributed by atoms with Gasteiger partial charge in [0.05, 0.1) is 24.5 Å². The van der Waals surface area contributed by atoms with Gasteiger partial charge in [-0.3, -0.25) is 14.4 Å². The van der Waals surface area contributed by atoms with Crippen LogP contribution in [0.3, 0.4) is 0 Å². The summed E-state index contributed by atoms with van der Waals surface area (Å²) in [5, 5.41) is 5.56. The number of carbonyl (C=O) groups excluding carboxylic acids is 3. The van der Waals surface area contributed by atoms with E-state index in [2.05, 4.69) is 10.6 Å². The number of amides is 3. The van der Waals surface area contributed by atoms with E-state index >= 15 is 0 Å². The van der Waals surface area contributed by atoms with E-state index in [0.717, 1.165) is 0 Å². The van der Waals surface area contributed by atoms with E-state index in [1.54, 1.807) is 41.3 Å². The maximum absolute atomic E-state index is 12.8. The number of benzene rings is 2. The molecule has 0 aliphatic carbocycles. The third-order valence-electron chi connectivity index (χ3n) is 5.11. The number of hydrogen-bond donors (Lipinski definition) is 2. The molecule has 0 saturated carbocycles. The number of hydrogen-bond acceptors (Lipinski definition) is 5. The van der Waals surface area contributed by atoms with Gasteiger partial charge in [-0.25, -0.2) is 0 Å². The molecule has 32 heavy (non-hydrogen) atoms. The Morgan fingerprint density at radius 1 is 1.03 bits per heavy atom. The molecule has 3 aromatic rings. The van der Waals surface area contributed by atoms with E-state index < -0.39 is 5.92 Å². The van der Waals surface area contributed by atoms with Crippen LogP contribution in [-0.4, -0.2) is 30.9 Å². The summed E-state index contributed by atoms with van der Waals surface area (Å²) in [5.41, 5.74) is 1.82. The van der Waals surface area contributed by atoms with Crippen molar-refractivity contribution in [2.24, 2.45) is 5.92 Å². The number of nitrogens with one attached hydrogen (secondary N) is 2. The van der Waals surface area contributed by atoms with Gasteiger partial charge in [-0.1, -0.05) is 12.1 Å². The molecule has 2 heterocycles. The third-order valence-corrected chi connectivity index (χ3v) is 5.11. The van der Waals surface area contributed by atoms with Crippen molar-refractivity contribution in [1.82, 2.24) is 0 Å². The van der Waals surface area contributed by atoms with Gasteiger partial charge in [-0.05, 0) is 55.5 Å². The molecule has 2 aromatic carbocycles. The van der Waals surface area contributed by atoms with Gasteiger partial charge in [0.25, 0.3) is 5.91 Å². The van der Waals surface area contributed by atoms with Crippen molar-refractivity contribution >= 4 is 34.8 Å². The summed E-state index contributed by atoms with van der Waals surface area (Å²) in [6, 6.07) is 17.3. The van der Waals surface area contributed by atoms with Crippen molar-refractivity contribution < 1.29 is 23.5 Å². The van der Waals surface area contributed by atoms with Crippen molar-refractivity contribution in [3.8, 4) is 5.75 Å². The molecule has 1 atom stereocenters. The van der Waals surface area contributed by atoms with Crippen molar-refractivity contribution in [3.05, 3.63) is 72.7 Å². The first-order chi connectivity index (χ1) is 15.5. The van der Waals surface area contributed by atoms with Gasteiger partial charge in [-0.15, -0.1) is 0 Å². The Bertz CT molecular complexity index is 1110. The Morgan fingerprint density at radius 2 is 1.75 bits per heavy atom. The molecule has 4 rings (SSSR count). The molecule has 164 valence electrons. The molecule has 1 saturated heterocycles. The average Bonchev–Trinajstić information content (AvgIpc) is 3.46. The van der Waals surface area contributed by atoms with E-state index in [1.165, 1.54) is 6.26 Å². The first kappa shape index (κ1) is 21.2. The molecule has 3 amide bonds. The van der Waals surface area contributed by atoms with Crippen LogP contribution in [0.5, 0.6) is 5.75 Å². The number of nitrogens with zero attached hydrogens (tertiary/aromatic N) is 1. The van der Waals surface area contributed by atoms with Crippen molar-refractivity contribution in [1.29, 1.82) is 0 Å². The molecule has 2 N–H and O–H groups in total. The van der Waals surface area contributed by atoms with Gasteiger partial charge >= 0.3 is 0 Å². The highest BCUT2D eigenvalue weighted by molar-refractivity contribution is 6.04. The Labute approximate surface area is 185 Å². The Hall–Kier alpha value is -4.07. The zero-order chi connectivity index (χ0) is 22.5. The van der Waals surface area contributed by atoms with Crippen LogP contribution in [0.25, 0.3) is 0 Å². The molecule has 1 fully saturated rings. The fourth-order valence-corrected chi connectivity index (χ4v) is 3.56. The molecule has 8 nitrogen and oxygen atoms in total. The van der Waals surface area contributed by atoms with E-state index in [-0.39, 0.29) is 36.4 Å². The Balaban J connectivity index is 1.37. The number of rotatable bonds is 7. The SMILES string of the molecule is CCOc1ccccc1N1CC(C(=O)Nc2ccc(NC(=O)c3ccco3)cc2)CC1=O. The van der Waals surface area contributed by atoms with Crippen LogP contribution < -0.4 is 20.3 Å². The van der Waals surface area contributed by atoms with Gasteiger partial charge in [0, 0.05) is 24.3 Å². The minimum absolute atomic E-state index is 0.117. The zero-order valence-electron chi connectivity index (χ0n) is 17.5. The van der Waals surface area contributed by atoms with Crippen LogP contribution in [0.1, 0.15) is 23.9 Å². The summed E-state index contributed by atoms with van der Waals surface area (Å²) in [7, 11) is 0. The smallest absolute Gasteiger partial charge is 0.291 e. The van der Waals surface area contributed by atoms with Gasteiger partial charge in [0.15, 0.2) is 5.76 Å². The first-order valence-electron chi connectivity index (χ1n) is 10.3. The average molecular weight is 433 g/mol. The standard InChI is InChI=1S/C24H23N3O5/c1-2-31-20-7-4-3-6-19(20)27-15-16(14-22(27)28)23(29)25-17-9-11-18(12-10-17)26-24(30)21-8-5-13-32-21/h3-13,16H,2,14-15H2,1H3,(H,25,29)(H,26,30). The maximum atomic E-state index is 12.8. The Morgan fingerprint density at radius 3 is 2.44 bits per heavy atom.